The van der Waals surface area contributed by atoms with Crippen molar-refractivity contribution in [2.45, 2.75) is 25.7 Å². The molecule has 0 atom stereocenters. The summed E-state index contributed by atoms with van der Waals surface area (Å²) < 4.78 is 19.8. The maximum atomic E-state index is 13.7. The van der Waals surface area contributed by atoms with E-state index in [0.29, 0.717) is 10.2 Å². The number of nitrogens with one attached hydrogen (secondary N) is 1. The van der Waals surface area contributed by atoms with Crippen LogP contribution in [0.4, 0.5) is 10.1 Å². The number of halogens is 2. The predicted molar refractivity (Wildman–Crippen MR) is 91.3 cm³/mol. The number of carbonyl (C=O) groups excluding carboxylic acids is 1. The van der Waals surface area contributed by atoms with Gasteiger partial charge in [-0.3, -0.25) is 4.79 Å². The van der Waals surface area contributed by atoms with E-state index in [4.69, 9.17) is 4.74 Å². The summed E-state index contributed by atoms with van der Waals surface area (Å²) >= 11 is 3.18. The van der Waals surface area contributed by atoms with Crippen molar-refractivity contribution in [3.05, 3.63) is 57.8 Å². The van der Waals surface area contributed by atoms with Gasteiger partial charge in [-0.2, -0.15) is 0 Å². The molecule has 0 aliphatic heterocycles. The highest BCUT2D eigenvalue weighted by molar-refractivity contribution is 9.10. The molecule has 0 unspecified atom stereocenters. The molecule has 3 rings (SSSR count). The van der Waals surface area contributed by atoms with E-state index in [2.05, 4.69) is 27.3 Å². The maximum absolute atomic E-state index is 13.7. The first-order valence-electron chi connectivity index (χ1n) is 7.61. The van der Waals surface area contributed by atoms with Gasteiger partial charge >= 0.3 is 0 Å². The second kappa shape index (κ2) is 7.13. The number of carbonyl (C=O) groups is 1. The minimum Gasteiger partial charge on any atom is -0.484 e. The SMILES string of the molecule is O=C(COc1ccc2c(c1)CCCC2)Nc1ccc(Br)cc1F. The lowest BCUT2D eigenvalue weighted by Gasteiger charge is -2.16. The molecular weight excluding hydrogens is 361 g/mol. The van der Waals surface area contributed by atoms with Gasteiger partial charge in [-0.25, -0.2) is 4.39 Å². The van der Waals surface area contributed by atoms with Crippen molar-refractivity contribution in [1.82, 2.24) is 0 Å². The molecule has 0 radical (unpaired) electrons. The van der Waals surface area contributed by atoms with E-state index in [0.717, 1.165) is 12.8 Å². The molecule has 0 heterocycles. The van der Waals surface area contributed by atoms with Crippen LogP contribution in [0.15, 0.2) is 40.9 Å². The average Bonchev–Trinajstić information content (AvgIpc) is 2.55. The van der Waals surface area contributed by atoms with Crippen molar-refractivity contribution >= 4 is 27.5 Å². The van der Waals surface area contributed by atoms with Crippen LogP contribution in [0.2, 0.25) is 0 Å². The Kier molecular flexibility index (Phi) is 4.96. The Morgan fingerprint density at radius 1 is 1.13 bits per heavy atom. The highest BCUT2D eigenvalue weighted by atomic mass is 79.9. The quantitative estimate of drug-likeness (QED) is 0.852. The van der Waals surface area contributed by atoms with E-state index in [1.54, 1.807) is 6.07 Å². The first-order chi connectivity index (χ1) is 11.1. The molecule has 0 fully saturated rings. The number of ether oxygens (including phenoxy) is 1. The minimum atomic E-state index is -0.485. The van der Waals surface area contributed by atoms with Crippen LogP contribution >= 0.6 is 15.9 Å². The number of hydrogen-bond donors (Lipinski definition) is 1. The Labute approximate surface area is 143 Å². The first-order valence-corrected chi connectivity index (χ1v) is 8.40. The molecule has 1 aliphatic carbocycles. The highest BCUT2D eigenvalue weighted by Crippen LogP contribution is 2.25. The van der Waals surface area contributed by atoms with Crippen molar-refractivity contribution in [3.8, 4) is 5.75 Å². The van der Waals surface area contributed by atoms with Crippen LogP contribution in [0.1, 0.15) is 24.0 Å². The molecule has 0 bridgehead atoms. The van der Waals surface area contributed by atoms with E-state index in [1.807, 2.05) is 12.1 Å². The van der Waals surface area contributed by atoms with Gasteiger partial charge in [-0.15, -0.1) is 0 Å². The van der Waals surface area contributed by atoms with Crippen LogP contribution in [0.25, 0.3) is 0 Å². The van der Waals surface area contributed by atoms with E-state index >= 15 is 0 Å². The lowest BCUT2D eigenvalue weighted by Crippen LogP contribution is -2.21. The normalized spacial score (nSPS) is 13.3. The van der Waals surface area contributed by atoms with Gasteiger partial charge in [0, 0.05) is 4.47 Å². The number of aryl methyl sites for hydroxylation is 2. The third kappa shape index (κ3) is 4.10. The molecule has 0 saturated heterocycles. The summed E-state index contributed by atoms with van der Waals surface area (Å²) in [5.41, 5.74) is 2.81. The number of fused-ring (bicyclic) bond motifs is 1. The van der Waals surface area contributed by atoms with Crippen molar-refractivity contribution in [2.24, 2.45) is 0 Å². The monoisotopic (exact) mass is 377 g/mol. The molecule has 2 aromatic rings. The smallest absolute Gasteiger partial charge is 0.262 e. The molecule has 3 nitrogen and oxygen atoms in total. The minimum absolute atomic E-state index is 0.145. The molecule has 1 aliphatic rings. The summed E-state index contributed by atoms with van der Waals surface area (Å²) in [7, 11) is 0. The Morgan fingerprint density at radius 3 is 2.70 bits per heavy atom. The van der Waals surface area contributed by atoms with Gasteiger partial charge in [0.25, 0.3) is 5.91 Å². The zero-order valence-electron chi connectivity index (χ0n) is 12.6. The molecule has 0 saturated carbocycles. The van der Waals surface area contributed by atoms with Crippen LogP contribution in [0.5, 0.6) is 5.75 Å². The zero-order valence-corrected chi connectivity index (χ0v) is 14.2. The Morgan fingerprint density at radius 2 is 1.91 bits per heavy atom. The lowest BCUT2D eigenvalue weighted by molar-refractivity contribution is -0.118. The molecule has 23 heavy (non-hydrogen) atoms. The molecule has 0 aromatic heterocycles. The summed E-state index contributed by atoms with van der Waals surface area (Å²) in [5.74, 6) is -0.192. The summed E-state index contributed by atoms with van der Waals surface area (Å²) in [6.45, 7) is -0.145. The van der Waals surface area contributed by atoms with Gasteiger partial charge in [0.15, 0.2) is 6.61 Å². The van der Waals surface area contributed by atoms with Crippen molar-refractivity contribution in [2.75, 3.05) is 11.9 Å². The zero-order chi connectivity index (χ0) is 16.2. The Bertz CT molecular complexity index is 733. The van der Waals surface area contributed by atoms with E-state index < -0.39 is 5.82 Å². The van der Waals surface area contributed by atoms with Crippen LogP contribution < -0.4 is 10.1 Å². The third-order valence-electron chi connectivity index (χ3n) is 3.90. The average molecular weight is 378 g/mol. The van der Waals surface area contributed by atoms with Gasteiger partial charge in [0.2, 0.25) is 0 Å². The van der Waals surface area contributed by atoms with Gasteiger partial charge in [0.05, 0.1) is 5.69 Å². The van der Waals surface area contributed by atoms with Gasteiger partial charge in [0.1, 0.15) is 11.6 Å². The molecule has 1 N–H and O–H groups in total. The number of rotatable bonds is 4. The van der Waals surface area contributed by atoms with Crippen LogP contribution in [0.3, 0.4) is 0 Å². The summed E-state index contributed by atoms with van der Waals surface area (Å²) in [4.78, 5) is 11.9. The summed E-state index contributed by atoms with van der Waals surface area (Å²) in [6.07, 6.45) is 4.59. The number of hydrogen-bond acceptors (Lipinski definition) is 2. The van der Waals surface area contributed by atoms with E-state index in [-0.39, 0.29) is 18.2 Å². The molecule has 5 heteroatoms. The number of amides is 1. The molecule has 1 amide bonds. The third-order valence-corrected chi connectivity index (χ3v) is 4.39. The standard InChI is InChI=1S/C18H17BrFNO2/c19-14-6-8-17(16(20)10-14)21-18(22)11-23-15-7-5-12-3-1-2-4-13(12)9-15/h5-10H,1-4,11H2,(H,21,22). The largest absolute Gasteiger partial charge is 0.484 e. The fourth-order valence-electron chi connectivity index (χ4n) is 2.73. The van der Waals surface area contributed by atoms with Crippen LogP contribution in [-0.2, 0) is 17.6 Å². The van der Waals surface area contributed by atoms with Crippen LogP contribution in [-0.4, -0.2) is 12.5 Å². The van der Waals surface area contributed by atoms with E-state index in [1.165, 1.54) is 36.1 Å². The van der Waals surface area contributed by atoms with Crippen molar-refractivity contribution in [1.29, 1.82) is 0 Å². The molecule has 120 valence electrons. The Balaban J connectivity index is 1.58. The lowest BCUT2D eigenvalue weighted by atomic mass is 9.92. The highest BCUT2D eigenvalue weighted by Gasteiger charge is 2.11. The second-order valence-corrected chi connectivity index (χ2v) is 6.51. The predicted octanol–water partition coefficient (Wildman–Crippen LogP) is 4.48. The van der Waals surface area contributed by atoms with E-state index in [9.17, 15) is 9.18 Å². The summed E-state index contributed by atoms with van der Waals surface area (Å²) in [5, 5.41) is 2.51. The fourth-order valence-corrected chi connectivity index (χ4v) is 3.06. The van der Waals surface area contributed by atoms with Crippen molar-refractivity contribution < 1.29 is 13.9 Å². The van der Waals surface area contributed by atoms with Crippen LogP contribution in [0, 0.1) is 5.82 Å². The van der Waals surface area contributed by atoms with Crippen molar-refractivity contribution in [3.63, 3.8) is 0 Å². The van der Waals surface area contributed by atoms with Gasteiger partial charge < -0.3 is 10.1 Å². The van der Waals surface area contributed by atoms with Gasteiger partial charge in [-0.05, 0) is 67.1 Å². The number of anilines is 1. The molecular formula is C18H17BrFNO2. The second-order valence-electron chi connectivity index (χ2n) is 5.60. The Hall–Kier alpha value is -1.88. The number of benzene rings is 2. The molecule has 0 spiro atoms. The fraction of sp³-hybridized carbons (Fsp3) is 0.278. The summed E-state index contributed by atoms with van der Waals surface area (Å²) in [6, 6.07) is 10.4. The maximum Gasteiger partial charge on any atom is 0.262 e. The topological polar surface area (TPSA) is 38.3 Å². The van der Waals surface area contributed by atoms with Gasteiger partial charge in [-0.1, -0.05) is 22.0 Å². The first kappa shape index (κ1) is 16.0. The molecule has 2 aromatic carbocycles.